The van der Waals surface area contributed by atoms with Gasteiger partial charge >= 0.3 is 0 Å². The number of nitrogens with zero attached hydrogens (tertiary/aromatic N) is 1. The highest BCUT2D eigenvalue weighted by Gasteiger charge is 2.30. The molecule has 1 aliphatic heterocycles. The van der Waals surface area contributed by atoms with Crippen LogP contribution in [0.3, 0.4) is 0 Å². The lowest BCUT2D eigenvalue weighted by atomic mass is 10.1. The number of hydrogen-bond acceptors (Lipinski definition) is 3. The maximum atomic E-state index is 11.9. The highest BCUT2D eigenvalue weighted by molar-refractivity contribution is 7.07. The van der Waals surface area contributed by atoms with Crippen molar-refractivity contribution < 1.29 is 4.79 Å². The topological polar surface area (TPSA) is 46.3 Å². The molecule has 1 aromatic rings. The third kappa shape index (κ3) is 2.21. The van der Waals surface area contributed by atoms with Crippen molar-refractivity contribution in [2.75, 3.05) is 6.54 Å². The van der Waals surface area contributed by atoms with Gasteiger partial charge in [0.15, 0.2) is 0 Å². The SMILES string of the molecule is CC1C(N)CCN1C(=O)Cc1ccsc1. The molecule has 0 bridgehead atoms. The maximum absolute atomic E-state index is 11.9. The fourth-order valence-corrected chi connectivity index (χ4v) is 2.65. The van der Waals surface area contributed by atoms with Crippen molar-refractivity contribution in [2.24, 2.45) is 5.73 Å². The summed E-state index contributed by atoms with van der Waals surface area (Å²) in [5, 5.41) is 4.03. The number of amides is 1. The highest BCUT2D eigenvalue weighted by atomic mass is 32.1. The van der Waals surface area contributed by atoms with Crippen molar-refractivity contribution in [1.82, 2.24) is 4.90 Å². The first-order valence-electron chi connectivity index (χ1n) is 5.24. The highest BCUT2D eigenvalue weighted by Crippen LogP contribution is 2.17. The maximum Gasteiger partial charge on any atom is 0.227 e. The van der Waals surface area contributed by atoms with E-state index in [2.05, 4.69) is 0 Å². The van der Waals surface area contributed by atoms with E-state index in [4.69, 9.17) is 5.73 Å². The van der Waals surface area contributed by atoms with E-state index in [0.29, 0.717) is 6.42 Å². The molecule has 15 heavy (non-hydrogen) atoms. The smallest absolute Gasteiger partial charge is 0.227 e. The van der Waals surface area contributed by atoms with Crippen molar-refractivity contribution >= 4 is 17.2 Å². The number of carbonyl (C=O) groups excluding carboxylic acids is 1. The number of hydrogen-bond donors (Lipinski definition) is 1. The van der Waals surface area contributed by atoms with Crippen LogP contribution in [0.25, 0.3) is 0 Å². The fraction of sp³-hybridized carbons (Fsp3) is 0.545. The second-order valence-corrected chi connectivity index (χ2v) is 4.87. The molecule has 2 rings (SSSR count). The predicted octanol–water partition coefficient (Wildman–Crippen LogP) is 1.24. The summed E-state index contributed by atoms with van der Waals surface area (Å²) in [6, 6.07) is 2.34. The lowest BCUT2D eigenvalue weighted by Gasteiger charge is -2.23. The average Bonchev–Trinajstić information content (AvgIpc) is 2.79. The summed E-state index contributed by atoms with van der Waals surface area (Å²) < 4.78 is 0. The molecular weight excluding hydrogens is 208 g/mol. The van der Waals surface area contributed by atoms with Gasteiger partial charge in [-0.2, -0.15) is 11.3 Å². The first-order chi connectivity index (χ1) is 7.18. The second-order valence-electron chi connectivity index (χ2n) is 4.09. The van der Waals surface area contributed by atoms with E-state index in [9.17, 15) is 4.79 Å². The van der Waals surface area contributed by atoms with Gasteiger partial charge < -0.3 is 10.6 Å². The van der Waals surface area contributed by atoms with E-state index >= 15 is 0 Å². The molecule has 2 unspecified atom stereocenters. The second kappa shape index (κ2) is 4.33. The van der Waals surface area contributed by atoms with Gasteiger partial charge in [-0.25, -0.2) is 0 Å². The van der Waals surface area contributed by atoms with Crippen molar-refractivity contribution in [2.45, 2.75) is 31.8 Å². The van der Waals surface area contributed by atoms with Gasteiger partial charge in [0.05, 0.1) is 6.42 Å². The predicted molar refractivity (Wildman–Crippen MR) is 61.8 cm³/mol. The zero-order valence-electron chi connectivity index (χ0n) is 8.85. The summed E-state index contributed by atoms with van der Waals surface area (Å²) >= 11 is 1.63. The van der Waals surface area contributed by atoms with Gasteiger partial charge in [-0.05, 0) is 35.7 Å². The molecule has 0 aromatic carbocycles. The number of thiophene rings is 1. The molecule has 2 heterocycles. The summed E-state index contributed by atoms with van der Waals surface area (Å²) in [5.74, 6) is 0.203. The van der Waals surface area contributed by atoms with E-state index in [-0.39, 0.29) is 18.0 Å². The van der Waals surface area contributed by atoms with Crippen LogP contribution in [0.5, 0.6) is 0 Å². The number of carbonyl (C=O) groups is 1. The monoisotopic (exact) mass is 224 g/mol. The van der Waals surface area contributed by atoms with Gasteiger partial charge in [0.25, 0.3) is 0 Å². The molecule has 0 aliphatic carbocycles. The summed E-state index contributed by atoms with van der Waals surface area (Å²) in [6.07, 6.45) is 1.44. The molecule has 1 amide bonds. The van der Waals surface area contributed by atoms with Crippen molar-refractivity contribution in [3.8, 4) is 0 Å². The van der Waals surface area contributed by atoms with Crippen LogP contribution in [0.15, 0.2) is 16.8 Å². The Morgan fingerprint density at radius 2 is 2.53 bits per heavy atom. The minimum atomic E-state index is 0.149. The van der Waals surface area contributed by atoms with Crippen molar-refractivity contribution in [3.05, 3.63) is 22.4 Å². The first kappa shape index (κ1) is 10.6. The Bertz CT molecular complexity index is 336. The van der Waals surface area contributed by atoms with Crippen LogP contribution in [0.2, 0.25) is 0 Å². The summed E-state index contributed by atoms with van der Waals surface area (Å²) in [4.78, 5) is 13.8. The molecule has 0 spiro atoms. The lowest BCUT2D eigenvalue weighted by molar-refractivity contribution is -0.131. The molecule has 82 valence electrons. The Labute approximate surface area is 93.9 Å². The molecular formula is C11H16N2OS. The Kier molecular flexibility index (Phi) is 3.07. The largest absolute Gasteiger partial charge is 0.338 e. The van der Waals surface area contributed by atoms with Crippen LogP contribution in [0.4, 0.5) is 0 Å². The quantitative estimate of drug-likeness (QED) is 0.821. The standard InChI is InChI=1S/C11H16N2OS/c1-8-10(12)2-4-13(8)11(14)6-9-3-5-15-7-9/h3,5,7-8,10H,2,4,6,12H2,1H3. The molecule has 1 saturated heterocycles. The van der Waals surface area contributed by atoms with Gasteiger partial charge in [0.1, 0.15) is 0 Å². The fourth-order valence-electron chi connectivity index (χ4n) is 1.99. The van der Waals surface area contributed by atoms with Crippen LogP contribution in [0, 0.1) is 0 Å². The van der Waals surface area contributed by atoms with Crippen LogP contribution >= 0.6 is 11.3 Å². The van der Waals surface area contributed by atoms with Crippen LogP contribution < -0.4 is 5.73 Å². The van der Waals surface area contributed by atoms with Crippen LogP contribution in [-0.4, -0.2) is 29.4 Å². The van der Waals surface area contributed by atoms with Gasteiger partial charge in [0.2, 0.25) is 5.91 Å². The molecule has 1 fully saturated rings. The molecule has 2 N–H and O–H groups in total. The molecule has 2 atom stereocenters. The molecule has 4 heteroatoms. The van der Waals surface area contributed by atoms with E-state index < -0.39 is 0 Å². The molecule has 1 aliphatic rings. The zero-order valence-corrected chi connectivity index (χ0v) is 9.67. The van der Waals surface area contributed by atoms with Gasteiger partial charge in [0, 0.05) is 18.6 Å². The molecule has 1 aromatic heterocycles. The Morgan fingerprint density at radius 1 is 1.73 bits per heavy atom. The average molecular weight is 224 g/mol. The third-order valence-corrected chi connectivity index (χ3v) is 3.80. The summed E-state index contributed by atoms with van der Waals surface area (Å²) in [6.45, 7) is 2.84. The zero-order chi connectivity index (χ0) is 10.8. The Hall–Kier alpha value is -0.870. The molecule has 0 radical (unpaired) electrons. The number of nitrogens with two attached hydrogens (primary N) is 1. The first-order valence-corrected chi connectivity index (χ1v) is 6.19. The van der Waals surface area contributed by atoms with Gasteiger partial charge in [-0.15, -0.1) is 0 Å². The van der Waals surface area contributed by atoms with Crippen LogP contribution in [0.1, 0.15) is 18.9 Å². The van der Waals surface area contributed by atoms with Crippen LogP contribution in [-0.2, 0) is 11.2 Å². The summed E-state index contributed by atoms with van der Waals surface area (Å²) in [7, 11) is 0. The molecule has 3 nitrogen and oxygen atoms in total. The number of rotatable bonds is 2. The van der Waals surface area contributed by atoms with E-state index in [1.54, 1.807) is 11.3 Å². The lowest BCUT2D eigenvalue weighted by Crippen LogP contribution is -2.41. The Morgan fingerprint density at radius 3 is 3.07 bits per heavy atom. The number of likely N-dealkylation sites (tertiary alicyclic amines) is 1. The van der Waals surface area contributed by atoms with Crippen molar-refractivity contribution in [3.63, 3.8) is 0 Å². The van der Waals surface area contributed by atoms with E-state index in [0.717, 1.165) is 18.5 Å². The van der Waals surface area contributed by atoms with E-state index in [1.807, 2.05) is 28.7 Å². The minimum absolute atomic E-state index is 0.149. The van der Waals surface area contributed by atoms with Crippen molar-refractivity contribution in [1.29, 1.82) is 0 Å². The minimum Gasteiger partial charge on any atom is -0.338 e. The Balaban J connectivity index is 1.97. The molecule has 0 saturated carbocycles. The van der Waals surface area contributed by atoms with Gasteiger partial charge in [-0.1, -0.05) is 0 Å². The third-order valence-electron chi connectivity index (χ3n) is 3.07. The van der Waals surface area contributed by atoms with E-state index in [1.165, 1.54) is 0 Å². The van der Waals surface area contributed by atoms with Gasteiger partial charge in [-0.3, -0.25) is 4.79 Å². The normalized spacial score (nSPS) is 25.9. The summed E-state index contributed by atoms with van der Waals surface area (Å²) in [5.41, 5.74) is 7.00.